The van der Waals surface area contributed by atoms with Gasteiger partial charge in [0, 0.05) is 43.0 Å². The van der Waals surface area contributed by atoms with Gasteiger partial charge in [-0.25, -0.2) is 9.21 Å². The Balaban J connectivity index is 3.55. The first-order valence-electron chi connectivity index (χ1n) is 14.5. The summed E-state index contributed by atoms with van der Waals surface area (Å²) in [5.74, 6) is -5.82. The predicted molar refractivity (Wildman–Crippen MR) is 199 cm³/mol. The molecule has 0 aliphatic carbocycles. The van der Waals surface area contributed by atoms with Crippen LogP contribution in [0.4, 0.5) is 5.69 Å². The van der Waals surface area contributed by atoms with Crippen molar-refractivity contribution in [2.24, 2.45) is 0 Å². The van der Waals surface area contributed by atoms with Crippen molar-refractivity contribution in [3.63, 3.8) is 0 Å². The van der Waals surface area contributed by atoms with Gasteiger partial charge in [0.05, 0.1) is 43.7 Å². The summed E-state index contributed by atoms with van der Waals surface area (Å²) in [4.78, 5) is 98.1. The van der Waals surface area contributed by atoms with Crippen molar-refractivity contribution in [3.05, 3.63) is 21.8 Å². The number of ether oxygens (including phenoxy) is 6. The van der Waals surface area contributed by atoms with E-state index >= 15 is 0 Å². The minimum absolute atomic E-state index is 0.0141. The predicted octanol–water partition coefficient (Wildman–Crippen LogP) is 2.72. The van der Waals surface area contributed by atoms with E-state index in [9.17, 15) is 38.4 Å². The number of benzene rings is 1. The first-order valence-corrected chi connectivity index (χ1v) is 18.1. The Labute approximate surface area is 333 Å². The van der Waals surface area contributed by atoms with E-state index in [-0.39, 0.29) is 47.3 Å². The maximum absolute atomic E-state index is 13.8. The fourth-order valence-electron chi connectivity index (χ4n) is 3.65. The Morgan fingerprint density at radius 1 is 0.740 bits per heavy atom. The van der Waals surface area contributed by atoms with Gasteiger partial charge in [-0.1, -0.05) is 6.92 Å². The zero-order valence-electron chi connectivity index (χ0n) is 27.5. The highest BCUT2D eigenvalue weighted by Gasteiger charge is 2.32. The quantitative estimate of drug-likeness (QED) is 0.0882. The SMILES string of the molecule is CCCOC(=O)COCC(=O)Nc1c(I)c(C(=O)NCC(COC(C)=O)OC(C)=O)c(I)c(C(=O)N(Cl)CC(COC(C)=O)OC(C)=O)c1I. The Hall–Kier alpha value is -2.58. The number of amides is 3. The molecule has 0 aliphatic rings. The normalized spacial score (nSPS) is 11.7. The minimum Gasteiger partial charge on any atom is -0.464 e. The van der Waals surface area contributed by atoms with Crippen LogP contribution in [0.3, 0.4) is 0 Å². The molecule has 2 unspecified atom stereocenters. The summed E-state index contributed by atoms with van der Waals surface area (Å²) in [6.45, 7) is 3.92. The van der Waals surface area contributed by atoms with Crippen molar-refractivity contribution in [1.82, 2.24) is 9.74 Å². The summed E-state index contributed by atoms with van der Waals surface area (Å²) >= 11 is 11.7. The van der Waals surface area contributed by atoms with Gasteiger partial charge < -0.3 is 39.1 Å². The fourth-order valence-corrected chi connectivity index (χ4v) is 8.27. The number of anilines is 1. The number of halogens is 4. The van der Waals surface area contributed by atoms with Gasteiger partial charge >= 0.3 is 29.8 Å². The van der Waals surface area contributed by atoms with E-state index in [4.69, 9.17) is 40.2 Å². The maximum Gasteiger partial charge on any atom is 0.332 e. The molecule has 0 aromatic heterocycles. The Bertz CT molecular complexity index is 1460. The molecule has 0 spiro atoms. The van der Waals surface area contributed by atoms with Gasteiger partial charge in [0.1, 0.15) is 26.4 Å². The molecular weight excluding hydrogens is 1030 g/mol. The summed E-state index contributed by atoms with van der Waals surface area (Å²) in [5, 5.41) is 5.17. The first-order chi connectivity index (χ1) is 23.4. The second kappa shape index (κ2) is 23.1. The smallest absolute Gasteiger partial charge is 0.332 e. The van der Waals surface area contributed by atoms with Crippen molar-refractivity contribution >= 4 is 133 Å². The van der Waals surface area contributed by atoms with Crippen LogP contribution >= 0.6 is 79.5 Å². The van der Waals surface area contributed by atoms with Crippen LogP contribution in [0.1, 0.15) is 61.8 Å². The highest BCUT2D eigenvalue weighted by molar-refractivity contribution is 14.1. The average molecular weight is 1070 g/mol. The second-order valence-electron chi connectivity index (χ2n) is 9.96. The molecule has 50 heavy (non-hydrogen) atoms. The third kappa shape index (κ3) is 16.2. The highest BCUT2D eigenvalue weighted by atomic mass is 127. The van der Waals surface area contributed by atoms with E-state index in [1.807, 2.05) is 6.92 Å². The van der Waals surface area contributed by atoms with Gasteiger partial charge in [0.2, 0.25) is 5.91 Å². The van der Waals surface area contributed by atoms with E-state index in [1.165, 1.54) is 0 Å². The van der Waals surface area contributed by atoms with E-state index in [2.05, 4.69) is 10.6 Å². The van der Waals surface area contributed by atoms with Crippen LogP contribution in [0.15, 0.2) is 0 Å². The lowest BCUT2D eigenvalue weighted by Crippen LogP contribution is -2.39. The zero-order chi connectivity index (χ0) is 38.1. The molecule has 2 N–H and O–H groups in total. The molecule has 278 valence electrons. The van der Waals surface area contributed by atoms with Crippen LogP contribution in [0.2, 0.25) is 0 Å². The van der Waals surface area contributed by atoms with Gasteiger partial charge in [-0.15, -0.1) is 0 Å². The Morgan fingerprint density at radius 3 is 1.82 bits per heavy atom. The molecule has 0 fully saturated rings. The van der Waals surface area contributed by atoms with Crippen LogP contribution in [0.25, 0.3) is 0 Å². The number of nitrogens with one attached hydrogen (secondary N) is 2. The maximum atomic E-state index is 13.8. The molecular formula is C29H35ClI3N3O14. The van der Waals surface area contributed by atoms with Crippen LogP contribution in [0, 0.1) is 10.7 Å². The van der Waals surface area contributed by atoms with E-state index < -0.39 is 86.1 Å². The third-order valence-corrected chi connectivity index (χ3v) is 9.16. The number of rotatable bonds is 19. The number of hydrogen-bond acceptors (Lipinski definition) is 14. The molecule has 0 radical (unpaired) electrons. The summed E-state index contributed by atoms with van der Waals surface area (Å²) < 4.78 is 31.2. The topological polar surface area (TPSA) is 219 Å². The average Bonchev–Trinajstić information content (AvgIpc) is 3.01. The van der Waals surface area contributed by atoms with Crippen molar-refractivity contribution < 1.29 is 66.8 Å². The van der Waals surface area contributed by atoms with Gasteiger partial charge in [0.25, 0.3) is 11.8 Å². The first kappa shape index (κ1) is 45.4. The molecule has 2 atom stereocenters. The van der Waals surface area contributed by atoms with Crippen molar-refractivity contribution in [2.75, 3.05) is 51.4 Å². The lowest BCUT2D eigenvalue weighted by Gasteiger charge is -2.24. The molecule has 1 aromatic carbocycles. The molecule has 17 nitrogen and oxygen atoms in total. The third-order valence-electron chi connectivity index (χ3n) is 5.63. The second-order valence-corrected chi connectivity index (χ2v) is 13.6. The van der Waals surface area contributed by atoms with E-state index in [0.717, 1.165) is 27.7 Å². The molecule has 0 bridgehead atoms. The molecule has 0 saturated carbocycles. The summed E-state index contributed by atoms with van der Waals surface area (Å²) in [6.07, 6.45) is -1.62. The molecule has 21 heteroatoms. The lowest BCUT2D eigenvalue weighted by atomic mass is 10.1. The molecule has 0 aliphatic heterocycles. The standard InChI is InChI=1S/C29H35ClI3N3O14/c1-6-7-46-21(42)13-45-12-20(41)35-27-25(32)22(28(43)34-8-18(49-16(4)39)10-47-14(2)37)24(31)23(26(27)33)29(44)36(30)9-19(50-17(5)40)11-48-15(3)38/h18-19H,6-13H2,1-5H3,(H,34,43)(H,35,41). The van der Waals surface area contributed by atoms with Gasteiger partial charge in [-0.05, 0) is 74.2 Å². The van der Waals surface area contributed by atoms with Crippen LogP contribution < -0.4 is 10.6 Å². The van der Waals surface area contributed by atoms with Crippen molar-refractivity contribution in [2.45, 2.75) is 53.2 Å². The van der Waals surface area contributed by atoms with Gasteiger partial charge in [-0.2, -0.15) is 0 Å². The van der Waals surface area contributed by atoms with E-state index in [0.29, 0.717) is 10.8 Å². The summed E-state index contributed by atoms with van der Waals surface area (Å²) in [5.41, 5.74) is -0.221. The van der Waals surface area contributed by atoms with Crippen LogP contribution in [-0.4, -0.2) is 110 Å². The van der Waals surface area contributed by atoms with Crippen molar-refractivity contribution in [1.29, 1.82) is 0 Å². The van der Waals surface area contributed by atoms with Gasteiger partial charge in [0.15, 0.2) is 12.2 Å². The number of nitrogens with zero attached hydrogens (tertiary/aromatic N) is 1. The van der Waals surface area contributed by atoms with Crippen molar-refractivity contribution in [3.8, 4) is 0 Å². The Kier molecular flexibility index (Phi) is 21.0. The summed E-state index contributed by atoms with van der Waals surface area (Å²) in [7, 11) is 0. The Morgan fingerprint density at radius 2 is 1.28 bits per heavy atom. The largest absolute Gasteiger partial charge is 0.464 e. The zero-order valence-corrected chi connectivity index (χ0v) is 34.7. The van der Waals surface area contributed by atoms with Gasteiger partial charge in [-0.3, -0.25) is 33.6 Å². The molecule has 0 saturated heterocycles. The molecule has 1 rings (SSSR count). The summed E-state index contributed by atoms with van der Waals surface area (Å²) in [6, 6.07) is 0. The van der Waals surface area contributed by atoms with Crippen LogP contribution in [0.5, 0.6) is 0 Å². The molecule has 0 heterocycles. The highest BCUT2D eigenvalue weighted by Crippen LogP contribution is 2.36. The fraction of sp³-hybridized carbons (Fsp3) is 0.517. The number of esters is 5. The number of carbonyl (C=O) groups is 8. The number of hydrogen-bond donors (Lipinski definition) is 2. The minimum atomic E-state index is -1.16. The van der Waals surface area contributed by atoms with Crippen LogP contribution in [-0.2, 0) is 57.2 Å². The number of carbonyl (C=O) groups excluding carboxylic acids is 8. The van der Waals surface area contributed by atoms with E-state index in [1.54, 1.807) is 67.8 Å². The lowest BCUT2D eigenvalue weighted by molar-refractivity contribution is -0.156. The monoisotopic (exact) mass is 1060 g/mol. The molecule has 1 aromatic rings. The molecule has 3 amide bonds.